The van der Waals surface area contributed by atoms with Gasteiger partial charge in [-0.05, 0) is 55.8 Å². The van der Waals surface area contributed by atoms with Crippen LogP contribution < -0.4 is 15.4 Å². The van der Waals surface area contributed by atoms with Crippen molar-refractivity contribution in [2.75, 3.05) is 25.6 Å². The molecule has 6 nitrogen and oxygen atoms in total. The lowest BCUT2D eigenvalue weighted by Crippen LogP contribution is -2.31. The molecule has 150 valence electrons. The molecule has 2 aromatic rings. The quantitative estimate of drug-likeness (QED) is 0.561. The number of ether oxygens (including phenoxy) is 2. The van der Waals surface area contributed by atoms with Gasteiger partial charge in [-0.2, -0.15) is 0 Å². The van der Waals surface area contributed by atoms with Crippen molar-refractivity contribution < 1.29 is 19.1 Å². The molecule has 2 amide bonds. The zero-order chi connectivity index (χ0) is 20.5. The van der Waals surface area contributed by atoms with Crippen LogP contribution in [0.25, 0.3) is 0 Å². The summed E-state index contributed by atoms with van der Waals surface area (Å²) in [5.74, 6) is 0.0425. The first kappa shape index (κ1) is 21.9. The van der Waals surface area contributed by atoms with Crippen molar-refractivity contribution in [2.24, 2.45) is 0 Å². The number of hydrogen-bond donors (Lipinski definition) is 2. The molecule has 2 rings (SSSR count). The topological polar surface area (TPSA) is 76.7 Å². The molecular weight excluding hydrogens is 424 g/mol. The molecule has 0 radical (unpaired) electrons. The second kappa shape index (κ2) is 10.8. The fraction of sp³-hybridized carbons (Fsp3) is 0.333. The molecule has 0 saturated heterocycles. The fourth-order valence-electron chi connectivity index (χ4n) is 2.35. The highest BCUT2D eigenvalue weighted by Crippen LogP contribution is 2.24. The minimum atomic E-state index is -0.300. The smallest absolute Gasteiger partial charge is 0.259 e. The van der Waals surface area contributed by atoms with Gasteiger partial charge in [-0.3, -0.25) is 9.59 Å². The Morgan fingerprint density at radius 2 is 1.79 bits per heavy atom. The molecule has 0 aliphatic heterocycles. The molecule has 0 fully saturated rings. The Morgan fingerprint density at radius 3 is 2.43 bits per heavy atom. The van der Waals surface area contributed by atoms with Crippen molar-refractivity contribution in [2.45, 2.75) is 26.3 Å². The summed E-state index contributed by atoms with van der Waals surface area (Å²) in [7, 11) is 1.59. The van der Waals surface area contributed by atoms with E-state index in [1.807, 2.05) is 19.9 Å². The number of hydrogen-bond acceptors (Lipinski definition) is 4. The number of benzene rings is 2. The molecule has 0 aromatic heterocycles. The predicted molar refractivity (Wildman–Crippen MR) is 113 cm³/mol. The van der Waals surface area contributed by atoms with E-state index in [1.54, 1.807) is 43.5 Å². The summed E-state index contributed by atoms with van der Waals surface area (Å²) >= 11 is 3.38. The van der Waals surface area contributed by atoms with Crippen molar-refractivity contribution in [1.82, 2.24) is 5.32 Å². The summed E-state index contributed by atoms with van der Waals surface area (Å²) < 4.78 is 11.4. The van der Waals surface area contributed by atoms with E-state index in [9.17, 15) is 9.59 Å². The highest BCUT2D eigenvalue weighted by atomic mass is 79.9. The Balaban J connectivity index is 2.08. The molecule has 2 aromatic carbocycles. The lowest BCUT2D eigenvalue weighted by atomic mass is 10.1. The first-order valence-corrected chi connectivity index (χ1v) is 9.87. The lowest BCUT2D eigenvalue weighted by Gasteiger charge is -2.13. The maximum absolute atomic E-state index is 12.7. The third-order valence-electron chi connectivity index (χ3n) is 4.13. The number of anilines is 1. The summed E-state index contributed by atoms with van der Waals surface area (Å²) in [5.41, 5.74) is 1.54. The van der Waals surface area contributed by atoms with E-state index >= 15 is 0 Å². The number of carbonyl (C=O) groups excluding carboxylic acids is 2. The first-order valence-electron chi connectivity index (χ1n) is 9.08. The van der Waals surface area contributed by atoms with Crippen LogP contribution in [0.3, 0.4) is 0 Å². The van der Waals surface area contributed by atoms with Gasteiger partial charge in [-0.25, -0.2) is 0 Å². The summed E-state index contributed by atoms with van der Waals surface area (Å²) in [5, 5.41) is 5.74. The van der Waals surface area contributed by atoms with Crippen LogP contribution in [-0.2, 0) is 4.74 Å². The van der Waals surface area contributed by atoms with Crippen molar-refractivity contribution >= 4 is 33.4 Å². The Morgan fingerprint density at radius 1 is 1.07 bits per heavy atom. The minimum absolute atomic E-state index is 0.111. The van der Waals surface area contributed by atoms with E-state index in [4.69, 9.17) is 9.47 Å². The predicted octanol–water partition coefficient (Wildman–Crippen LogP) is 4.25. The van der Waals surface area contributed by atoms with Crippen LogP contribution in [-0.4, -0.2) is 38.2 Å². The van der Waals surface area contributed by atoms with Crippen molar-refractivity contribution in [3.05, 3.63) is 58.1 Å². The van der Waals surface area contributed by atoms with Gasteiger partial charge in [0, 0.05) is 28.9 Å². The standard InChI is InChI=1S/C21H25BrN2O4/c1-4-14(2)23-20(25)15-5-8-17(9-6-15)24-21(26)18-13-16(22)7-10-19(18)28-12-11-27-3/h5-10,13-14H,4,11-12H2,1-3H3,(H,23,25)(H,24,26). The monoisotopic (exact) mass is 448 g/mol. The molecule has 7 heteroatoms. The van der Waals surface area contributed by atoms with E-state index in [0.717, 1.165) is 10.9 Å². The molecule has 0 saturated carbocycles. The lowest BCUT2D eigenvalue weighted by molar-refractivity contribution is 0.0938. The molecule has 28 heavy (non-hydrogen) atoms. The molecule has 0 aliphatic rings. The number of carbonyl (C=O) groups is 2. The summed E-state index contributed by atoms with van der Waals surface area (Å²) in [6.07, 6.45) is 0.862. The summed E-state index contributed by atoms with van der Waals surface area (Å²) in [6, 6.07) is 12.1. The largest absolute Gasteiger partial charge is 0.490 e. The van der Waals surface area contributed by atoms with Crippen molar-refractivity contribution in [3.8, 4) is 5.75 Å². The SMILES string of the molecule is CCC(C)NC(=O)c1ccc(NC(=O)c2cc(Br)ccc2OCCOC)cc1. The third-order valence-corrected chi connectivity index (χ3v) is 4.62. The second-order valence-corrected chi connectivity index (χ2v) is 7.21. The maximum atomic E-state index is 12.7. The van der Waals surface area contributed by atoms with Gasteiger partial charge >= 0.3 is 0 Å². The van der Waals surface area contributed by atoms with Gasteiger partial charge in [-0.1, -0.05) is 22.9 Å². The molecule has 0 aliphatic carbocycles. The number of rotatable bonds is 9. The number of halogens is 1. The molecule has 1 unspecified atom stereocenters. The van der Waals surface area contributed by atoms with E-state index in [2.05, 4.69) is 26.6 Å². The summed E-state index contributed by atoms with van der Waals surface area (Å²) in [4.78, 5) is 24.8. The van der Waals surface area contributed by atoms with Crippen LogP contribution in [0.1, 0.15) is 41.0 Å². The zero-order valence-electron chi connectivity index (χ0n) is 16.3. The Hall–Kier alpha value is -2.38. The number of nitrogens with one attached hydrogen (secondary N) is 2. The number of methoxy groups -OCH3 is 1. The fourth-order valence-corrected chi connectivity index (χ4v) is 2.71. The Kier molecular flexibility index (Phi) is 8.47. The average molecular weight is 449 g/mol. The highest BCUT2D eigenvalue weighted by Gasteiger charge is 2.14. The zero-order valence-corrected chi connectivity index (χ0v) is 17.8. The normalized spacial score (nSPS) is 11.6. The van der Waals surface area contributed by atoms with Crippen LogP contribution in [0.4, 0.5) is 5.69 Å². The van der Waals surface area contributed by atoms with Crippen molar-refractivity contribution in [3.63, 3.8) is 0 Å². The van der Waals surface area contributed by atoms with Gasteiger partial charge < -0.3 is 20.1 Å². The maximum Gasteiger partial charge on any atom is 0.259 e. The van der Waals surface area contributed by atoms with Gasteiger partial charge in [0.2, 0.25) is 0 Å². The molecular formula is C21H25BrN2O4. The van der Waals surface area contributed by atoms with Crippen LogP contribution in [0.5, 0.6) is 5.75 Å². The molecule has 1 atom stereocenters. The molecule has 2 N–H and O–H groups in total. The second-order valence-electron chi connectivity index (χ2n) is 6.30. The van der Waals surface area contributed by atoms with Gasteiger partial charge in [0.1, 0.15) is 12.4 Å². The van der Waals surface area contributed by atoms with Crippen LogP contribution in [0, 0.1) is 0 Å². The summed E-state index contributed by atoms with van der Waals surface area (Å²) in [6.45, 7) is 4.74. The Labute approximate surface area is 173 Å². The van der Waals surface area contributed by atoms with Crippen molar-refractivity contribution in [1.29, 1.82) is 0 Å². The van der Waals surface area contributed by atoms with E-state index in [-0.39, 0.29) is 17.9 Å². The van der Waals surface area contributed by atoms with Gasteiger partial charge in [0.15, 0.2) is 0 Å². The van der Waals surface area contributed by atoms with E-state index < -0.39 is 0 Å². The third kappa shape index (κ3) is 6.35. The molecule has 0 spiro atoms. The minimum Gasteiger partial charge on any atom is -0.490 e. The molecule has 0 bridgehead atoms. The van der Waals surface area contributed by atoms with Gasteiger partial charge in [0.05, 0.1) is 12.2 Å². The first-order chi connectivity index (χ1) is 13.4. The average Bonchev–Trinajstić information content (AvgIpc) is 2.69. The van der Waals surface area contributed by atoms with Crippen LogP contribution >= 0.6 is 15.9 Å². The van der Waals surface area contributed by atoms with E-state index in [0.29, 0.717) is 35.8 Å². The van der Waals surface area contributed by atoms with Gasteiger partial charge in [0.25, 0.3) is 11.8 Å². The highest BCUT2D eigenvalue weighted by molar-refractivity contribution is 9.10. The van der Waals surface area contributed by atoms with E-state index in [1.165, 1.54) is 0 Å². The Bertz CT molecular complexity index is 809. The van der Waals surface area contributed by atoms with Gasteiger partial charge in [-0.15, -0.1) is 0 Å². The van der Waals surface area contributed by atoms with Crippen LogP contribution in [0.2, 0.25) is 0 Å². The van der Waals surface area contributed by atoms with Crippen LogP contribution in [0.15, 0.2) is 46.9 Å². The number of amides is 2. The molecule has 0 heterocycles.